The molecule has 31 heavy (non-hydrogen) atoms. The molecule has 2 aliphatic rings. The Morgan fingerprint density at radius 3 is 2.71 bits per heavy atom. The van der Waals surface area contributed by atoms with Crippen LogP contribution in [0, 0.1) is 5.92 Å². The van der Waals surface area contributed by atoms with Crippen LogP contribution in [0.15, 0.2) is 47.5 Å². The lowest BCUT2D eigenvalue weighted by Gasteiger charge is -2.39. The average molecular weight is 479 g/mol. The third-order valence-corrected chi connectivity index (χ3v) is 7.69. The molecule has 0 saturated carbocycles. The number of carbonyl (C=O) groups excluding carboxylic acids is 1. The molecule has 4 rings (SSSR count). The van der Waals surface area contributed by atoms with Crippen molar-refractivity contribution in [1.82, 2.24) is 14.8 Å². The number of piperidine rings is 1. The second-order valence-electron chi connectivity index (χ2n) is 8.19. The number of piperazine rings is 1. The Labute approximate surface area is 198 Å². The van der Waals surface area contributed by atoms with Gasteiger partial charge < -0.3 is 9.80 Å². The molecule has 1 unspecified atom stereocenters. The molecule has 3 heterocycles. The Morgan fingerprint density at radius 1 is 1.10 bits per heavy atom. The zero-order valence-electron chi connectivity index (χ0n) is 17.6. The van der Waals surface area contributed by atoms with Crippen molar-refractivity contribution in [2.24, 2.45) is 5.92 Å². The molecule has 0 radical (unpaired) electrons. The number of hydrogen-bond donors (Lipinski definition) is 0. The van der Waals surface area contributed by atoms with E-state index >= 15 is 0 Å². The van der Waals surface area contributed by atoms with Gasteiger partial charge in [-0.1, -0.05) is 29.3 Å². The van der Waals surface area contributed by atoms with Gasteiger partial charge in [-0.2, -0.15) is 0 Å². The van der Waals surface area contributed by atoms with E-state index in [1.807, 2.05) is 29.3 Å². The summed E-state index contributed by atoms with van der Waals surface area (Å²) >= 11 is 13.8. The average Bonchev–Trinajstić information content (AvgIpc) is 2.81. The zero-order chi connectivity index (χ0) is 21.6. The molecule has 0 bridgehead atoms. The number of pyridine rings is 1. The summed E-state index contributed by atoms with van der Waals surface area (Å²) in [6.07, 6.45) is 4.12. The molecule has 2 saturated heterocycles. The van der Waals surface area contributed by atoms with Crippen LogP contribution < -0.4 is 4.90 Å². The molecule has 8 heteroatoms. The van der Waals surface area contributed by atoms with E-state index in [-0.39, 0.29) is 5.91 Å². The fourth-order valence-corrected chi connectivity index (χ4v) is 5.72. The molecular formula is C23H28Cl2N4OS. The number of thioether (sulfide) groups is 1. The number of benzene rings is 1. The molecule has 5 nitrogen and oxygen atoms in total. The molecule has 1 amide bonds. The van der Waals surface area contributed by atoms with Crippen molar-refractivity contribution >= 4 is 46.7 Å². The number of aromatic nitrogens is 1. The highest BCUT2D eigenvalue weighted by Crippen LogP contribution is 2.30. The van der Waals surface area contributed by atoms with Crippen LogP contribution in [-0.2, 0) is 4.79 Å². The van der Waals surface area contributed by atoms with Crippen molar-refractivity contribution in [3.05, 3.63) is 52.6 Å². The van der Waals surface area contributed by atoms with Gasteiger partial charge in [-0.3, -0.25) is 9.69 Å². The quantitative estimate of drug-likeness (QED) is 0.569. The lowest BCUT2D eigenvalue weighted by atomic mass is 9.97. The highest BCUT2D eigenvalue weighted by atomic mass is 35.5. The molecule has 0 aliphatic carbocycles. The Balaban J connectivity index is 1.23. The number of nitrogens with zero attached hydrogens (tertiary/aromatic N) is 4. The minimum absolute atomic E-state index is 0.186. The van der Waals surface area contributed by atoms with Crippen LogP contribution in [0.25, 0.3) is 0 Å². The largest absolute Gasteiger partial charge is 0.354 e. The number of carbonyl (C=O) groups is 1. The van der Waals surface area contributed by atoms with Crippen LogP contribution in [0.1, 0.15) is 12.8 Å². The second-order valence-corrected chi connectivity index (χ2v) is 10.0. The van der Waals surface area contributed by atoms with E-state index in [1.54, 1.807) is 12.1 Å². The first-order chi connectivity index (χ1) is 15.1. The highest BCUT2D eigenvalue weighted by Gasteiger charge is 2.27. The van der Waals surface area contributed by atoms with Crippen molar-refractivity contribution in [2.75, 3.05) is 56.5 Å². The van der Waals surface area contributed by atoms with E-state index in [2.05, 4.69) is 20.9 Å². The van der Waals surface area contributed by atoms with E-state index in [4.69, 9.17) is 23.2 Å². The van der Waals surface area contributed by atoms with Crippen LogP contribution >= 0.6 is 35.0 Å². The number of amides is 1. The minimum Gasteiger partial charge on any atom is -0.354 e. The standard InChI is InChI=1S/C23H28Cl2N4OS/c24-19-6-7-20(25)21(14-19)31-17-23(30)29-9-3-4-18(16-29)15-27-10-12-28(13-11-27)22-5-1-2-8-26-22/h1-2,5-8,14,18H,3-4,9-13,15-17H2. The molecule has 2 aromatic rings. The third-order valence-electron chi connectivity index (χ3n) is 5.98. The maximum atomic E-state index is 12.8. The first kappa shape index (κ1) is 22.7. The maximum Gasteiger partial charge on any atom is 0.232 e. The van der Waals surface area contributed by atoms with Crippen molar-refractivity contribution in [1.29, 1.82) is 0 Å². The zero-order valence-corrected chi connectivity index (χ0v) is 19.9. The Bertz CT molecular complexity index is 877. The molecule has 0 spiro atoms. The smallest absolute Gasteiger partial charge is 0.232 e. The molecule has 2 fully saturated rings. The third kappa shape index (κ3) is 6.28. The van der Waals surface area contributed by atoms with Gasteiger partial charge in [-0.05, 0) is 49.1 Å². The van der Waals surface area contributed by atoms with Crippen LogP contribution in [0.5, 0.6) is 0 Å². The summed E-state index contributed by atoms with van der Waals surface area (Å²) in [5.41, 5.74) is 0. The van der Waals surface area contributed by atoms with Gasteiger partial charge in [0.1, 0.15) is 5.82 Å². The summed E-state index contributed by atoms with van der Waals surface area (Å²) in [6, 6.07) is 11.4. The van der Waals surface area contributed by atoms with Crippen LogP contribution in [-0.4, -0.2) is 72.3 Å². The fraction of sp³-hybridized carbons (Fsp3) is 0.478. The summed E-state index contributed by atoms with van der Waals surface area (Å²) in [5, 5.41) is 1.28. The molecule has 0 N–H and O–H groups in total. The van der Waals surface area contributed by atoms with Crippen molar-refractivity contribution in [3.63, 3.8) is 0 Å². The molecule has 2 aliphatic heterocycles. The van der Waals surface area contributed by atoms with Gasteiger partial charge in [-0.25, -0.2) is 4.98 Å². The first-order valence-electron chi connectivity index (χ1n) is 10.8. The second kappa shape index (κ2) is 10.9. The van der Waals surface area contributed by atoms with E-state index < -0.39 is 0 Å². The fourth-order valence-electron chi connectivity index (χ4n) is 4.32. The van der Waals surface area contributed by atoms with Gasteiger partial charge in [0.2, 0.25) is 5.91 Å². The lowest BCUT2D eigenvalue weighted by Crippen LogP contribution is -2.50. The van der Waals surface area contributed by atoms with Gasteiger partial charge in [0.05, 0.1) is 10.8 Å². The van der Waals surface area contributed by atoms with E-state index in [1.165, 1.54) is 18.2 Å². The number of halogens is 2. The predicted octanol–water partition coefficient (Wildman–Crippen LogP) is 4.54. The van der Waals surface area contributed by atoms with Gasteiger partial charge in [0.25, 0.3) is 0 Å². The number of hydrogen-bond acceptors (Lipinski definition) is 5. The van der Waals surface area contributed by atoms with Crippen LogP contribution in [0.4, 0.5) is 5.82 Å². The summed E-state index contributed by atoms with van der Waals surface area (Å²) in [7, 11) is 0. The SMILES string of the molecule is O=C(CSc1cc(Cl)ccc1Cl)N1CCCC(CN2CCN(c3ccccn3)CC2)C1. The van der Waals surface area contributed by atoms with Crippen molar-refractivity contribution in [2.45, 2.75) is 17.7 Å². The summed E-state index contributed by atoms with van der Waals surface area (Å²) in [4.78, 5) is 25.1. The van der Waals surface area contributed by atoms with Gasteiger partial charge in [-0.15, -0.1) is 11.8 Å². The Hall–Kier alpha value is -1.47. The molecule has 1 aromatic heterocycles. The normalized spacial score (nSPS) is 20.1. The van der Waals surface area contributed by atoms with Crippen LogP contribution in [0.3, 0.4) is 0 Å². The summed E-state index contributed by atoms with van der Waals surface area (Å²) < 4.78 is 0. The molecule has 1 atom stereocenters. The molecule has 1 aromatic carbocycles. The monoisotopic (exact) mass is 478 g/mol. The van der Waals surface area contributed by atoms with Gasteiger partial charge in [0.15, 0.2) is 0 Å². The Morgan fingerprint density at radius 2 is 1.94 bits per heavy atom. The predicted molar refractivity (Wildman–Crippen MR) is 129 cm³/mol. The highest BCUT2D eigenvalue weighted by molar-refractivity contribution is 8.00. The van der Waals surface area contributed by atoms with Crippen molar-refractivity contribution in [3.8, 4) is 0 Å². The van der Waals surface area contributed by atoms with E-state index in [9.17, 15) is 4.79 Å². The lowest BCUT2D eigenvalue weighted by molar-refractivity contribution is -0.130. The molecular weight excluding hydrogens is 451 g/mol. The van der Waals surface area contributed by atoms with E-state index in [0.717, 1.165) is 62.9 Å². The number of likely N-dealkylation sites (tertiary alicyclic amines) is 1. The Kier molecular flexibility index (Phi) is 7.99. The number of anilines is 1. The summed E-state index contributed by atoms with van der Waals surface area (Å²) in [6.45, 7) is 6.87. The van der Waals surface area contributed by atoms with Gasteiger partial charge >= 0.3 is 0 Å². The van der Waals surface area contributed by atoms with Crippen LogP contribution in [0.2, 0.25) is 10.0 Å². The first-order valence-corrected chi connectivity index (χ1v) is 12.6. The van der Waals surface area contributed by atoms with E-state index in [0.29, 0.717) is 21.7 Å². The van der Waals surface area contributed by atoms with Crippen molar-refractivity contribution < 1.29 is 4.79 Å². The summed E-state index contributed by atoms with van der Waals surface area (Å²) in [5.74, 6) is 2.19. The van der Waals surface area contributed by atoms with Gasteiger partial charge in [0, 0.05) is 61.9 Å². The maximum absolute atomic E-state index is 12.8. The minimum atomic E-state index is 0.186. The molecule has 166 valence electrons. The number of rotatable bonds is 6. The topological polar surface area (TPSA) is 39.7 Å².